The van der Waals surface area contributed by atoms with Gasteiger partial charge in [0, 0.05) is 31.7 Å². The first kappa shape index (κ1) is 21.1. The first-order chi connectivity index (χ1) is 15.8. The third-order valence-electron chi connectivity index (χ3n) is 9.22. The van der Waals surface area contributed by atoms with E-state index in [0.29, 0.717) is 38.5 Å². The van der Waals surface area contributed by atoms with Crippen molar-refractivity contribution < 1.29 is 9.59 Å². The quantitative estimate of drug-likeness (QED) is 0.719. The second-order valence-corrected chi connectivity index (χ2v) is 11.2. The van der Waals surface area contributed by atoms with Crippen LogP contribution < -0.4 is 4.90 Å². The number of Topliss-reactive ketones (excluding diaryl/α,β-unsaturated/α-hetero) is 1. The van der Waals surface area contributed by atoms with Crippen molar-refractivity contribution in [1.29, 1.82) is 0 Å². The van der Waals surface area contributed by atoms with E-state index in [1.54, 1.807) is 0 Å². The smallest absolute Gasteiger partial charge is 0.267 e. The molecule has 5 heteroatoms. The molecule has 1 spiro atoms. The molecule has 2 aromatic carbocycles. The first-order valence-electron chi connectivity index (χ1n) is 12.3. The molecule has 33 heavy (non-hydrogen) atoms. The summed E-state index contributed by atoms with van der Waals surface area (Å²) in [5, 5.41) is 0. The fraction of sp³-hybridized carbons (Fsp3) is 0.500. The molecule has 5 aliphatic rings. The van der Waals surface area contributed by atoms with Crippen LogP contribution in [-0.4, -0.2) is 47.7 Å². The number of carbonyl (C=O) groups excluding carboxylic acids is 2. The minimum Gasteiger partial charge on any atom is -0.304 e. The van der Waals surface area contributed by atoms with Crippen LogP contribution in [0.1, 0.15) is 38.8 Å². The summed E-state index contributed by atoms with van der Waals surface area (Å²) in [4.78, 5) is 35.2. The SMILES string of the molecule is CC(C)C12CN3CC(C(C)C)(CN(C1)C31C(=O)N(Cc3ccccc3)c3ccccc31)C2=O. The largest absolute Gasteiger partial charge is 0.304 e. The van der Waals surface area contributed by atoms with Crippen LogP contribution in [-0.2, 0) is 21.8 Å². The summed E-state index contributed by atoms with van der Waals surface area (Å²) in [6, 6.07) is 18.5. The Morgan fingerprint density at radius 2 is 1.27 bits per heavy atom. The van der Waals surface area contributed by atoms with Gasteiger partial charge in [-0.15, -0.1) is 0 Å². The Kier molecular flexibility index (Phi) is 4.32. The molecule has 5 nitrogen and oxygen atoms in total. The maximum atomic E-state index is 14.5. The number of para-hydroxylation sites is 1. The molecule has 2 aromatic rings. The Morgan fingerprint density at radius 1 is 0.758 bits per heavy atom. The summed E-state index contributed by atoms with van der Waals surface area (Å²) >= 11 is 0. The zero-order chi connectivity index (χ0) is 23.2. The van der Waals surface area contributed by atoms with Crippen LogP contribution in [0, 0.1) is 22.7 Å². The predicted octanol–water partition coefficient (Wildman–Crippen LogP) is 3.88. The molecule has 0 aromatic heterocycles. The number of fused-ring (bicyclic) bond motifs is 1. The second kappa shape index (κ2) is 6.77. The molecule has 0 aliphatic carbocycles. The van der Waals surface area contributed by atoms with E-state index in [0.717, 1.165) is 16.8 Å². The van der Waals surface area contributed by atoms with Gasteiger partial charge in [0.05, 0.1) is 23.1 Å². The molecular formula is C28H33N3O2. The lowest BCUT2D eigenvalue weighted by Gasteiger charge is -2.71. The molecule has 1 amide bonds. The first-order valence-corrected chi connectivity index (χ1v) is 12.3. The summed E-state index contributed by atoms with van der Waals surface area (Å²) in [6.07, 6.45) is 0. The van der Waals surface area contributed by atoms with Gasteiger partial charge in [0.1, 0.15) is 0 Å². The fourth-order valence-electron chi connectivity index (χ4n) is 7.22. The van der Waals surface area contributed by atoms with Gasteiger partial charge in [-0.2, -0.15) is 0 Å². The minimum atomic E-state index is -0.803. The zero-order valence-corrected chi connectivity index (χ0v) is 20.0. The number of piperidine rings is 2. The molecule has 0 saturated carbocycles. The van der Waals surface area contributed by atoms with Crippen LogP contribution >= 0.6 is 0 Å². The van der Waals surface area contributed by atoms with Crippen molar-refractivity contribution in [3.05, 3.63) is 65.7 Å². The minimum absolute atomic E-state index is 0.136. The standard InChI is InChI=1S/C28H33N3O2/c1-19(2)26-15-29-17-27(20(3)4,24(26)32)18-30(16-26)28(29)22-12-8-9-13-23(22)31(25(28)33)14-21-10-6-5-7-11-21/h5-13,19-20H,14-18H2,1-4H3. The van der Waals surface area contributed by atoms with Gasteiger partial charge < -0.3 is 4.90 Å². The van der Waals surface area contributed by atoms with E-state index in [-0.39, 0.29) is 17.7 Å². The van der Waals surface area contributed by atoms with Gasteiger partial charge >= 0.3 is 0 Å². The van der Waals surface area contributed by atoms with Crippen LogP contribution in [0.15, 0.2) is 54.6 Å². The normalized spacial score (nSPS) is 36.5. The lowest BCUT2D eigenvalue weighted by molar-refractivity contribution is -0.246. The average molecular weight is 444 g/mol. The van der Waals surface area contributed by atoms with Gasteiger partial charge in [-0.05, 0) is 23.5 Å². The molecule has 0 radical (unpaired) electrons. The predicted molar refractivity (Wildman–Crippen MR) is 128 cm³/mol. The summed E-state index contributed by atoms with van der Waals surface area (Å²) in [5.41, 5.74) is 1.58. The Morgan fingerprint density at radius 3 is 1.82 bits per heavy atom. The molecule has 5 heterocycles. The molecule has 7 rings (SSSR count). The van der Waals surface area contributed by atoms with Crippen LogP contribution in [0.25, 0.3) is 0 Å². The van der Waals surface area contributed by atoms with Crippen LogP contribution in [0.2, 0.25) is 0 Å². The Hall–Kier alpha value is -2.50. The molecule has 4 saturated heterocycles. The van der Waals surface area contributed by atoms with Crippen molar-refractivity contribution >= 4 is 17.4 Å². The van der Waals surface area contributed by atoms with E-state index in [9.17, 15) is 9.59 Å². The molecule has 5 aliphatic heterocycles. The van der Waals surface area contributed by atoms with Crippen molar-refractivity contribution in [2.24, 2.45) is 22.7 Å². The molecule has 0 N–H and O–H groups in total. The third kappa shape index (κ3) is 2.40. The van der Waals surface area contributed by atoms with Gasteiger partial charge in [0.2, 0.25) is 0 Å². The highest BCUT2D eigenvalue weighted by Gasteiger charge is 2.75. The highest BCUT2D eigenvalue weighted by molar-refractivity contribution is 6.08. The highest BCUT2D eigenvalue weighted by atomic mass is 16.2. The highest BCUT2D eigenvalue weighted by Crippen LogP contribution is 2.62. The maximum Gasteiger partial charge on any atom is 0.267 e. The van der Waals surface area contributed by atoms with Gasteiger partial charge in [-0.3, -0.25) is 19.4 Å². The molecule has 172 valence electrons. The van der Waals surface area contributed by atoms with Gasteiger partial charge in [-0.1, -0.05) is 76.2 Å². The number of hydrogen-bond acceptors (Lipinski definition) is 4. The third-order valence-corrected chi connectivity index (χ3v) is 9.22. The number of ketones is 1. The molecule has 0 unspecified atom stereocenters. The Bertz CT molecular complexity index is 1090. The van der Waals surface area contributed by atoms with Crippen LogP contribution in [0.5, 0.6) is 0 Å². The molecule has 0 atom stereocenters. The lowest BCUT2D eigenvalue weighted by Crippen LogP contribution is -2.85. The van der Waals surface area contributed by atoms with E-state index >= 15 is 0 Å². The number of nitrogens with zero attached hydrogens (tertiary/aromatic N) is 3. The summed E-state index contributed by atoms with van der Waals surface area (Å²) in [5.74, 6) is 1.04. The topological polar surface area (TPSA) is 43.9 Å². The van der Waals surface area contributed by atoms with E-state index in [4.69, 9.17) is 0 Å². The number of rotatable bonds is 4. The molecule has 4 bridgehead atoms. The monoisotopic (exact) mass is 443 g/mol. The number of anilines is 1. The number of benzene rings is 2. The van der Waals surface area contributed by atoms with Crippen molar-refractivity contribution in [3.63, 3.8) is 0 Å². The molecule has 4 fully saturated rings. The fourth-order valence-corrected chi connectivity index (χ4v) is 7.22. The lowest BCUT2D eigenvalue weighted by atomic mass is 9.52. The van der Waals surface area contributed by atoms with E-state index in [1.807, 2.05) is 29.2 Å². The number of carbonyl (C=O) groups is 2. The van der Waals surface area contributed by atoms with Gasteiger partial charge in [0.25, 0.3) is 5.91 Å². The Balaban J connectivity index is 1.51. The summed E-state index contributed by atoms with van der Waals surface area (Å²) < 4.78 is 0. The number of hydrogen-bond donors (Lipinski definition) is 0. The van der Waals surface area contributed by atoms with Crippen LogP contribution in [0.4, 0.5) is 5.69 Å². The van der Waals surface area contributed by atoms with Crippen molar-refractivity contribution in [1.82, 2.24) is 9.80 Å². The van der Waals surface area contributed by atoms with Crippen molar-refractivity contribution in [3.8, 4) is 0 Å². The van der Waals surface area contributed by atoms with E-state index < -0.39 is 16.5 Å². The maximum absolute atomic E-state index is 14.5. The average Bonchev–Trinajstić information content (AvgIpc) is 3.03. The van der Waals surface area contributed by atoms with Gasteiger partial charge in [-0.25, -0.2) is 0 Å². The Labute approximate surface area is 196 Å². The summed E-state index contributed by atoms with van der Waals surface area (Å²) in [6.45, 7) is 11.9. The summed E-state index contributed by atoms with van der Waals surface area (Å²) in [7, 11) is 0. The van der Waals surface area contributed by atoms with Crippen molar-refractivity contribution in [2.75, 3.05) is 31.1 Å². The van der Waals surface area contributed by atoms with Crippen LogP contribution in [0.3, 0.4) is 0 Å². The van der Waals surface area contributed by atoms with Gasteiger partial charge in [0.15, 0.2) is 11.4 Å². The molecular weight excluding hydrogens is 410 g/mol. The zero-order valence-electron chi connectivity index (χ0n) is 20.0. The number of amides is 1. The van der Waals surface area contributed by atoms with E-state index in [1.165, 1.54) is 0 Å². The van der Waals surface area contributed by atoms with Crippen molar-refractivity contribution in [2.45, 2.75) is 39.9 Å². The second-order valence-electron chi connectivity index (χ2n) is 11.2. The van der Waals surface area contributed by atoms with E-state index in [2.05, 4.69) is 67.8 Å².